The molecule has 0 aliphatic carbocycles. The van der Waals surface area contributed by atoms with E-state index >= 15 is 0 Å². The number of aliphatic hydroxyl groups excluding tert-OH is 1. The van der Waals surface area contributed by atoms with E-state index in [0.717, 1.165) is 0 Å². The number of amides is 1. The first kappa shape index (κ1) is 12.2. The third-order valence-corrected chi connectivity index (χ3v) is 1.60. The van der Waals surface area contributed by atoms with Gasteiger partial charge in [0.2, 0.25) is 5.71 Å². The summed E-state index contributed by atoms with van der Waals surface area (Å²) in [7, 11) is 1.29. The van der Waals surface area contributed by atoms with Gasteiger partial charge in [0.1, 0.15) is 7.11 Å². The van der Waals surface area contributed by atoms with Crippen molar-refractivity contribution in [3.8, 4) is 0 Å². The van der Waals surface area contributed by atoms with Crippen LogP contribution in [0.25, 0.3) is 0 Å². The van der Waals surface area contributed by atoms with Crippen LogP contribution in [0.2, 0.25) is 0 Å². The van der Waals surface area contributed by atoms with Gasteiger partial charge >= 0.3 is 0 Å². The zero-order valence-electron chi connectivity index (χ0n) is 8.58. The number of aliphatic hydroxyl groups is 2. The molecular formula is C9H12N2O5. The van der Waals surface area contributed by atoms with E-state index in [9.17, 15) is 4.79 Å². The van der Waals surface area contributed by atoms with E-state index in [1.54, 1.807) is 6.07 Å². The standard InChI is InChI=1S/C9H12N2O5/c1-15-11-8(6-3-2-4-16-6)9(14)10-5-7(12)13/h2-4,7,12-13H,5H2,1H3,(H,10,14)/b11-8-. The van der Waals surface area contributed by atoms with Crippen molar-refractivity contribution in [1.82, 2.24) is 5.32 Å². The van der Waals surface area contributed by atoms with Gasteiger partial charge < -0.3 is 24.8 Å². The maximum atomic E-state index is 11.5. The van der Waals surface area contributed by atoms with E-state index in [-0.39, 0.29) is 18.0 Å². The second-order valence-corrected chi connectivity index (χ2v) is 2.79. The van der Waals surface area contributed by atoms with Crippen molar-refractivity contribution in [1.29, 1.82) is 0 Å². The first-order valence-corrected chi connectivity index (χ1v) is 4.44. The molecule has 88 valence electrons. The number of hydrogen-bond acceptors (Lipinski definition) is 6. The maximum absolute atomic E-state index is 11.5. The van der Waals surface area contributed by atoms with Crippen LogP contribution in [0.1, 0.15) is 5.76 Å². The molecule has 7 heteroatoms. The number of carbonyl (C=O) groups excluding carboxylic acids is 1. The summed E-state index contributed by atoms with van der Waals surface area (Å²) in [4.78, 5) is 16.0. The SMILES string of the molecule is CO/N=C(\C(=O)NCC(O)O)c1ccco1. The Hall–Kier alpha value is -1.86. The Balaban J connectivity index is 2.72. The number of nitrogens with zero attached hydrogens (tertiary/aromatic N) is 1. The number of hydrogen-bond donors (Lipinski definition) is 3. The summed E-state index contributed by atoms with van der Waals surface area (Å²) in [5, 5.41) is 22.9. The molecule has 1 aromatic rings. The monoisotopic (exact) mass is 228 g/mol. The fourth-order valence-electron chi connectivity index (χ4n) is 0.971. The molecular weight excluding hydrogens is 216 g/mol. The number of furan rings is 1. The number of nitrogens with one attached hydrogen (secondary N) is 1. The molecule has 1 rings (SSSR count). The summed E-state index contributed by atoms with van der Waals surface area (Å²) in [5.41, 5.74) is -0.0758. The predicted octanol–water partition coefficient (Wildman–Crippen LogP) is -0.943. The Bertz CT molecular complexity index is 358. The minimum Gasteiger partial charge on any atom is -0.462 e. The Morgan fingerprint density at radius 1 is 1.69 bits per heavy atom. The average molecular weight is 228 g/mol. The van der Waals surface area contributed by atoms with E-state index in [1.807, 2.05) is 0 Å². The van der Waals surface area contributed by atoms with Gasteiger partial charge in [-0.15, -0.1) is 0 Å². The lowest BCUT2D eigenvalue weighted by Crippen LogP contribution is -2.37. The molecule has 0 fully saturated rings. The van der Waals surface area contributed by atoms with Crippen LogP contribution in [0.4, 0.5) is 0 Å². The minimum atomic E-state index is -1.62. The molecule has 7 nitrogen and oxygen atoms in total. The van der Waals surface area contributed by atoms with Crippen LogP contribution in [0, 0.1) is 0 Å². The molecule has 0 aliphatic heterocycles. The number of carbonyl (C=O) groups is 1. The fourth-order valence-corrected chi connectivity index (χ4v) is 0.971. The van der Waals surface area contributed by atoms with Gasteiger partial charge in [-0.3, -0.25) is 4.79 Å². The second-order valence-electron chi connectivity index (χ2n) is 2.79. The molecule has 0 aromatic carbocycles. The highest BCUT2D eigenvalue weighted by Gasteiger charge is 2.18. The molecule has 1 heterocycles. The smallest absolute Gasteiger partial charge is 0.277 e. The molecule has 0 spiro atoms. The Kier molecular flexibility index (Phi) is 4.49. The Morgan fingerprint density at radius 2 is 2.44 bits per heavy atom. The number of oxime groups is 1. The van der Waals surface area contributed by atoms with Crippen molar-refractivity contribution in [2.75, 3.05) is 13.7 Å². The predicted molar refractivity (Wildman–Crippen MR) is 53.5 cm³/mol. The number of rotatable bonds is 5. The van der Waals surface area contributed by atoms with Crippen LogP contribution in [0.5, 0.6) is 0 Å². The summed E-state index contributed by atoms with van der Waals surface area (Å²) in [6, 6.07) is 3.13. The summed E-state index contributed by atoms with van der Waals surface area (Å²) < 4.78 is 4.98. The lowest BCUT2D eigenvalue weighted by Gasteiger charge is -2.06. The lowest BCUT2D eigenvalue weighted by molar-refractivity contribution is -0.117. The quantitative estimate of drug-likeness (QED) is 0.342. The first-order valence-electron chi connectivity index (χ1n) is 4.44. The zero-order valence-corrected chi connectivity index (χ0v) is 8.58. The molecule has 0 saturated heterocycles. The highest BCUT2D eigenvalue weighted by atomic mass is 16.6. The van der Waals surface area contributed by atoms with Gasteiger partial charge in [-0.2, -0.15) is 0 Å². The highest BCUT2D eigenvalue weighted by molar-refractivity contribution is 6.44. The topological polar surface area (TPSA) is 104 Å². The van der Waals surface area contributed by atoms with Crippen LogP contribution >= 0.6 is 0 Å². The summed E-state index contributed by atoms with van der Waals surface area (Å²) in [6.45, 7) is -0.303. The molecule has 0 unspecified atom stereocenters. The third-order valence-electron chi connectivity index (χ3n) is 1.60. The molecule has 0 saturated carbocycles. The van der Waals surface area contributed by atoms with Gasteiger partial charge in [0.15, 0.2) is 12.1 Å². The van der Waals surface area contributed by atoms with Crippen molar-refractivity contribution in [2.24, 2.45) is 5.16 Å². The van der Waals surface area contributed by atoms with Crippen molar-refractivity contribution >= 4 is 11.6 Å². The van der Waals surface area contributed by atoms with Crippen LogP contribution in [-0.4, -0.2) is 41.8 Å². The van der Waals surface area contributed by atoms with E-state index in [2.05, 4.69) is 15.3 Å². The zero-order chi connectivity index (χ0) is 12.0. The fraction of sp³-hybridized carbons (Fsp3) is 0.333. The van der Waals surface area contributed by atoms with Gasteiger partial charge in [-0.25, -0.2) is 0 Å². The van der Waals surface area contributed by atoms with Crippen LogP contribution < -0.4 is 5.32 Å². The molecule has 0 radical (unpaired) electrons. The first-order chi connectivity index (χ1) is 7.65. The third kappa shape index (κ3) is 3.37. The molecule has 0 atom stereocenters. The van der Waals surface area contributed by atoms with Gasteiger partial charge in [0.25, 0.3) is 5.91 Å². The molecule has 1 aromatic heterocycles. The van der Waals surface area contributed by atoms with Crippen molar-refractivity contribution < 1.29 is 24.3 Å². The summed E-state index contributed by atoms with van der Waals surface area (Å²) in [5.74, 6) is -0.392. The Morgan fingerprint density at radius 3 is 2.94 bits per heavy atom. The summed E-state index contributed by atoms with van der Waals surface area (Å²) >= 11 is 0. The van der Waals surface area contributed by atoms with Crippen molar-refractivity contribution in [3.63, 3.8) is 0 Å². The van der Waals surface area contributed by atoms with E-state index < -0.39 is 12.2 Å². The van der Waals surface area contributed by atoms with Crippen LogP contribution in [0.3, 0.4) is 0 Å². The van der Waals surface area contributed by atoms with Crippen molar-refractivity contribution in [2.45, 2.75) is 6.29 Å². The van der Waals surface area contributed by atoms with E-state index in [1.165, 1.54) is 19.4 Å². The van der Waals surface area contributed by atoms with E-state index in [0.29, 0.717) is 0 Å². The van der Waals surface area contributed by atoms with Gasteiger partial charge in [-0.05, 0) is 12.1 Å². The van der Waals surface area contributed by atoms with E-state index in [4.69, 9.17) is 14.6 Å². The van der Waals surface area contributed by atoms with Crippen LogP contribution in [0.15, 0.2) is 28.0 Å². The summed E-state index contributed by atoms with van der Waals surface area (Å²) in [6.07, 6.45) is -0.237. The highest BCUT2D eigenvalue weighted by Crippen LogP contribution is 2.03. The largest absolute Gasteiger partial charge is 0.462 e. The van der Waals surface area contributed by atoms with Gasteiger partial charge in [0, 0.05) is 0 Å². The molecule has 16 heavy (non-hydrogen) atoms. The van der Waals surface area contributed by atoms with Gasteiger partial charge in [0.05, 0.1) is 12.8 Å². The second kappa shape index (κ2) is 5.89. The lowest BCUT2D eigenvalue weighted by atomic mass is 10.2. The van der Waals surface area contributed by atoms with Crippen molar-refractivity contribution in [3.05, 3.63) is 24.2 Å². The molecule has 0 bridgehead atoms. The Labute approximate surface area is 91.3 Å². The molecule has 0 aliphatic rings. The normalized spacial score (nSPS) is 11.6. The molecule has 3 N–H and O–H groups in total. The van der Waals surface area contributed by atoms with Crippen LogP contribution in [-0.2, 0) is 9.63 Å². The van der Waals surface area contributed by atoms with Gasteiger partial charge in [-0.1, -0.05) is 5.16 Å². The minimum absolute atomic E-state index is 0.0758. The average Bonchev–Trinajstić information content (AvgIpc) is 2.75. The maximum Gasteiger partial charge on any atom is 0.277 e. The molecule has 1 amide bonds.